The second-order valence-electron chi connectivity index (χ2n) is 4.03. The van der Waals surface area contributed by atoms with Crippen LogP contribution in [0.4, 0.5) is 8.78 Å². The van der Waals surface area contributed by atoms with Crippen LogP contribution < -0.4 is 0 Å². The molecule has 1 aromatic carbocycles. The second-order valence-corrected chi connectivity index (χ2v) is 5.33. The van der Waals surface area contributed by atoms with Crippen molar-refractivity contribution in [2.75, 3.05) is 0 Å². The molecule has 0 aliphatic rings. The van der Waals surface area contributed by atoms with Gasteiger partial charge in [0.15, 0.2) is 0 Å². The summed E-state index contributed by atoms with van der Waals surface area (Å²) in [6.45, 7) is 2.16. The van der Waals surface area contributed by atoms with Gasteiger partial charge in [0.05, 0.1) is 0 Å². The van der Waals surface area contributed by atoms with Crippen molar-refractivity contribution in [1.29, 1.82) is 0 Å². The van der Waals surface area contributed by atoms with Crippen molar-refractivity contribution < 1.29 is 8.78 Å². The van der Waals surface area contributed by atoms with Gasteiger partial charge in [-0.25, -0.2) is 8.78 Å². The van der Waals surface area contributed by atoms with E-state index in [1.54, 1.807) is 0 Å². The first kappa shape index (κ1) is 13.6. The van der Waals surface area contributed by atoms with Gasteiger partial charge in [0, 0.05) is 10.9 Å². The average Bonchev–Trinajstić information content (AvgIpc) is 2.23. The topological polar surface area (TPSA) is 0 Å². The maximum absolute atomic E-state index is 13.3. The van der Waals surface area contributed by atoms with E-state index in [1.165, 1.54) is 25.0 Å². The lowest BCUT2D eigenvalue weighted by Gasteiger charge is -2.10. The summed E-state index contributed by atoms with van der Waals surface area (Å²) in [5.41, 5.74) is 0.583. The van der Waals surface area contributed by atoms with Crippen LogP contribution in [-0.2, 0) is 6.42 Å². The van der Waals surface area contributed by atoms with Crippen molar-refractivity contribution >= 4 is 15.9 Å². The third kappa shape index (κ3) is 4.60. The maximum atomic E-state index is 13.3. The average molecular weight is 291 g/mol. The lowest BCUT2D eigenvalue weighted by atomic mass is 10.0. The molecule has 16 heavy (non-hydrogen) atoms. The molecule has 0 radical (unpaired) electrons. The first-order valence-corrected chi connectivity index (χ1v) is 6.63. The number of hydrogen-bond donors (Lipinski definition) is 0. The molecule has 1 unspecified atom stereocenters. The third-order valence-corrected chi connectivity index (χ3v) is 3.36. The minimum atomic E-state index is -0.515. The molecule has 1 atom stereocenters. The lowest BCUT2D eigenvalue weighted by molar-refractivity contribution is 0.565. The fraction of sp³-hybridized carbons (Fsp3) is 0.538. The van der Waals surface area contributed by atoms with Crippen molar-refractivity contribution in [3.8, 4) is 0 Å². The molecular weight excluding hydrogens is 274 g/mol. The van der Waals surface area contributed by atoms with E-state index in [-0.39, 0.29) is 4.83 Å². The number of rotatable bonds is 6. The quantitative estimate of drug-likeness (QED) is 0.519. The van der Waals surface area contributed by atoms with Gasteiger partial charge in [-0.05, 0) is 24.5 Å². The van der Waals surface area contributed by atoms with Crippen molar-refractivity contribution in [2.24, 2.45) is 0 Å². The Morgan fingerprint density at radius 1 is 1.25 bits per heavy atom. The van der Waals surface area contributed by atoms with E-state index >= 15 is 0 Å². The molecule has 0 amide bonds. The van der Waals surface area contributed by atoms with Crippen molar-refractivity contribution in [3.63, 3.8) is 0 Å². The molecule has 1 aromatic rings. The monoisotopic (exact) mass is 290 g/mol. The Bertz CT molecular complexity index is 326. The van der Waals surface area contributed by atoms with Crippen LogP contribution >= 0.6 is 15.9 Å². The summed E-state index contributed by atoms with van der Waals surface area (Å²) >= 11 is 3.54. The third-order valence-electron chi connectivity index (χ3n) is 2.58. The highest BCUT2D eigenvalue weighted by atomic mass is 79.9. The van der Waals surface area contributed by atoms with E-state index in [1.807, 2.05) is 0 Å². The molecule has 0 aliphatic carbocycles. The Balaban J connectivity index is 2.46. The summed E-state index contributed by atoms with van der Waals surface area (Å²) in [6, 6.07) is 3.78. The summed E-state index contributed by atoms with van der Waals surface area (Å²) in [5.74, 6) is -0.960. The van der Waals surface area contributed by atoms with Crippen LogP contribution in [-0.4, -0.2) is 4.83 Å². The molecule has 1 rings (SSSR count). The largest absolute Gasteiger partial charge is 0.207 e. The summed E-state index contributed by atoms with van der Waals surface area (Å²) in [5, 5.41) is 0. The summed E-state index contributed by atoms with van der Waals surface area (Å²) in [7, 11) is 0. The van der Waals surface area contributed by atoms with Crippen molar-refractivity contribution in [2.45, 2.75) is 43.9 Å². The molecular formula is C13H17BrF2. The molecule has 0 N–H and O–H groups in total. The Morgan fingerprint density at radius 3 is 2.62 bits per heavy atom. The van der Waals surface area contributed by atoms with Crippen molar-refractivity contribution in [1.82, 2.24) is 0 Å². The van der Waals surface area contributed by atoms with Crippen LogP contribution in [0.25, 0.3) is 0 Å². The van der Waals surface area contributed by atoms with Gasteiger partial charge in [0.1, 0.15) is 11.6 Å². The van der Waals surface area contributed by atoms with Crippen LogP contribution in [0.2, 0.25) is 0 Å². The fourth-order valence-corrected chi connectivity index (χ4v) is 2.32. The van der Waals surface area contributed by atoms with Crippen LogP contribution in [0.5, 0.6) is 0 Å². The van der Waals surface area contributed by atoms with E-state index in [4.69, 9.17) is 0 Å². The highest BCUT2D eigenvalue weighted by Crippen LogP contribution is 2.19. The van der Waals surface area contributed by atoms with Crippen LogP contribution in [0.15, 0.2) is 18.2 Å². The smallest absolute Gasteiger partial charge is 0.129 e. The highest BCUT2D eigenvalue weighted by Gasteiger charge is 2.09. The predicted molar refractivity (Wildman–Crippen MR) is 66.9 cm³/mol. The van der Waals surface area contributed by atoms with Gasteiger partial charge in [0.25, 0.3) is 0 Å². The normalized spacial score (nSPS) is 12.8. The number of unbranched alkanes of at least 4 members (excludes halogenated alkanes) is 2. The maximum Gasteiger partial charge on any atom is 0.129 e. The molecule has 0 aliphatic heterocycles. The minimum Gasteiger partial charge on any atom is -0.207 e. The van der Waals surface area contributed by atoms with Crippen LogP contribution in [0.1, 0.15) is 38.2 Å². The first-order valence-electron chi connectivity index (χ1n) is 5.71. The van der Waals surface area contributed by atoms with Crippen LogP contribution in [0, 0.1) is 11.6 Å². The van der Waals surface area contributed by atoms with Gasteiger partial charge in [-0.1, -0.05) is 48.2 Å². The zero-order chi connectivity index (χ0) is 12.0. The van der Waals surface area contributed by atoms with Gasteiger partial charge in [-0.15, -0.1) is 0 Å². The molecule has 0 saturated carbocycles. The first-order chi connectivity index (χ1) is 7.63. The lowest BCUT2D eigenvalue weighted by Crippen LogP contribution is -2.04. The standard InChI is InChI=1S/C13H17BrF2/c1-2-3-4-5-11(14)8-10-6-7-12(15)9-13(10)16/h6-7,9,11H,2-5,8H2,1H3. The summed E-state index contributed by atoms with van der Waals surface area (Å²) < 4.78 is 26.0. The van der Waals surface area contributed by atoms with Gasteiger partial charge in [0.2, 0.25) is 0 Å². The van der Waals surface area contributed by atoms with Crippen LogP contribution in [0.3, 0.4) is 0 Å². The van der Waals surface area contributed by atoms with E-state index in [0.717, 1.165) is 18.9 Å². The number of alkyl halides is 1. The molecule has 0 nitrogen and oxygen atoms in total. The Kier molecular flexibility index (Phi) is 5.96. The molecule has 0 saturated heterocycles. The van der Waals surface area contributed by atoms with Gasteiger partial charge < -0.3 is 0 Å². The number of benzene rings is 1. The second kappa shape index (κ2) is 7.00. The minimum absolute atomic E-state index is 0.277. The van der Waals surface area contributed by atoms with Gasteiger partial charge in [-0.3, -0.25) is 0 Å². The fourth-order valence-electron chi connectivity index (χ4n) is 1.64. The van der Waals surface area contributed by atoms with E-state index in [2.05, 4.69) is 22.9 Å². The molecule has 0 heterocycles. The van der Waals surface area contributed by atoms with E-state index < -0.39 is 11.6 Å². The number of halogens is 3. The molecule has 0 aromatic heterocycles. The van der Waals surface area contributed by atoms with E-state index in [0.29, 0.717) is 12.0 Å². The Labute approximate surface area is 104 Å². The number of hydrogen-bond acceptors (Lipinski definition) is 0. The highest BCUT2D eigenvalue weighted by molar-refractivity contribution is 9.09. The van der Waals surface area contributed by atoms with Gasteiger partial charge >= 0.3 is 0 Å². The zero-order valence-corrected chi connectivity index (χ0v) is 11.1. The van der Waals surface area contributed by atoms with Gasteiger partial charge in [-0.2, -0.15) is 0 Å². The molecule has 3 heteroatoms. The SMILES string of the molecule is CCCCCC(Br)Cc1ccc(F)cc1F. The van der Waals surface area contributed by atoms with E-state index in [9.17, 15) is 8.78 Å². The van der Waals surface area contributed by atoms with Crippen molar-refractivity contribution in [3.05, 3.63) is 35.4 Å². The Morgan fingerprint density at radius 2 is 2.00 bits per heavy atom. The zero-order valence-electron chi connectivity index (χ0n) is 9.48. The molecule has 90 valence electrons. The molecule has 0 spiro atoms. The predicted octanol–water partition coefficient (Wildman–Crippen LogP) is 4.85. The molecule has 0 bridgehead atoms. The Hall–Kier alpha value is -0.440. The summed E-state index contributed by atoms with van der Waals surface area (Å²) in [6.07, 6.45) is 5.19. The summed E-state index contributed by atoms with van der Waals surface area (Å²) in [4.78, 5) is 0.277. The molecule has 0 fully saturated rings.